The van der Waals surface area contributed by atoms with E-state index in [9.17, 15) is 4.79 Å². The van der Waals surface area contributed by atoms with Crippen molar-refractivity contribution < 1.29 is 4.79 Å². The first-order chi connectivity index (χ1) is 8.56. The van der Waals surface area contributed by atoms with Crippen LogP contribution in [0.15, 0.2) is 22.7 Å². The van der Waals surface area contributed by atoms with Crippen LogP contribution in [0.4, 0.5) is 0 Å². The highest BCUT2D eigenvalue weighted by atomic mass is 79.9. The fraction of sp³-hybridized carbons (Fsp3) is 0.462. The normalized spacial score (nSPS) is 10.4. The number of carbonyl (C=O) groups excluding carboxylic acids is 1. The van der Waals surface area contributed by atoms with Gasteiger partial charge in [0.15, 0.2) is 0 Å². The lowest BCUT2D eigenvalue weighted by atomic mass is 10.2. The minimum atomic E-state index is 0.00298. The van der Waals surface area contributed by atoms with Gasteiger partial charge < -0.3 is 4.90 Å². The highest BCUT2D eigenvalue weighted by Gasteiger charge is 2.14. The van der Waals surface area contributed by atoms with Crippen molar-refractivity contribution in [2.45, 2.75) is 19.3 Å². The fourth-order valence-electron chi connectivity index (χ4n) is 1.59. The molecular formula is C13H16Br2ClNO. The van der Waals surface area contributed by atoms with Gasteiger partial charge in [-0.2, -0.15) is 0 Å². The lowest BCUT2D eigenvalue weighted by molar-refractivity contribution is 0.0792. The molecule has 0 spiro atoms. The number of hydrogen-bond donors (Lipinski definition) is 0. The number of rotatable bonds is 6. The van der Waals surface area contributed by atoms with Crippen LogP contribution < -0.4 is 0 Å². The molecule has 0 aromatic heterocycles. The molecule has 0 aliphatic rings. The number of nitrogens with zero attached hydrogens (tertiary/aromatic N) is 1. The molecular weight excluding hydrogens is 381 g/mol. The largest absolute Gasteiger partial charge is 0.342 e. The second-order valence-corrected chi connectivity index (χ2v) is 6.18. The van der Waals surface area contributed by atoms with E-state index in [0.717, 1.165) is 35.6 Å². The van der Waals surface area contributed by atoms with Crippen molar-refractivity contribution in [1.82, 2.24) is 4.90 Å². The van der Waals surface area contributed by atoms with E-state index in [-0.39, 0.29) is 5.91 Å². The van der Waals surface area contributed by atoms with Gasteiger partial charge in [-0.05, 0) is 47.0 Å². The molecule has 0 unspecified atom stereocenters. The molecule has 1 rings (SSSR count). The van der Waals surface area contributed by atoms with Crippen molar-refractivity contribution in [3.63, 3.8) is 0 Å². The number of unbranched alkanes of at least 4 members (excludes halogenated alkanes) is 2. The van der Waals surface area contributed by atoms with Crippen molar-refractivity contribution >= 4 is 49.4 Å². The van der Waals surface area contributed by atoms with Gasteiger partial charge in [-0.25, -0.2) is 0 Å². The summed E-state index contributed by atoms with van der Waals surface area (Å²) < 4.78 is 0.782. The number of benzene rings is 1. The molecule has 100 valence electrons. The van der Waals surface area contributed by atoms with E-state index < -0.39 is 0 Å². The molecule has 0 aliphatic heterocycles. The monoisotopic (exact) mass is 395 g/mol. The highest BCUT2D eigenvalue weighted by molar-refractivity contribution is 9.10. The Hall–Kier alpha value is -0.0600. The van der Waals surface area contributed by atoms with Crippen molar-refractivity contribution in [3.05, 3.63) is 33.3 Å². The van der Waals surface area contributed by atoms with Crippen LogP contribution in [-0.2, 0) is 0 Å². The maximum atomic E-state index is 12.2. The molecule has 5 heteroatoms. The number of alkyl halides is 1. The van der Waals surface area contributed by atoms with Crippen LogP contribution in [-0.4, -0.2) is 29.7 Å². The lowest BCUT2D eigenvalue weighted by Gasteiger charge is -2.18. The summed E-state index contributed by atoms with van der Waals surface area (Å²) in [4.78, 5) is 14.0. The number of carbonyl (C=O) groups is 1. The van der Waals surface area contributed by atoms with Gasteiger partial charge in [0, 0.05) is 28.4 Å². The van der Waals surface area contributed by atoms with Crippen LogP contribution in [0.3, 0.4) is 0 Å². The van der Waals surface area contributed by atoms with Crippen LogP contribution >= 0.6 is 43.5 Å². The molecule has 1 amide bonds. The van der Waals surface area contributed by atoms with Crippen molar-refractivity contribution in [3.8, 4) is 0 Å². The van der Waals surface area contributed by atoms with Gasteiger partial charge in [0.25, 0.3) is 5.91 Å². The maximum absolute atomic E-state index is 12.2. The van der Waals surface area contributed by atoms with Crippen LogP contribution in [0, 0.1) is 0 Å². The smallest absolute Gasteiger partial charge is 0.254 e. The zero-order valence-electron chi connectivity index (χ0n) is 10.3. The molecule has 2 nitrogen and oxygen atoms in total. The number of halogens is 3. The summed E-state index contributed by atoms with van der Waals surface area (Å²) in [6, 6.07) is 5.26. The number of amides is 1. The second-order valence-electron chi connectivity index (χ2n) is 4.10. The van der Waals surface area contributed by atoms with Crippen LogP contribution in [0.2, 0.25) is 5.02 Å². The summed E-state index contributed by atoms with van der Waals surface area (Å²) in [6.45, 7) is 0.769. The van der Waals surface area contributed by atoms with E-state index in [1.165, 1.54) is 0 Å². The third-order valence-corrected chi connectivity index (χ3v) is 4.12. The van der Waals surface area contributed by atoms with E-state index >= 15 is 0 Å². The van der Waals surface area contributed by atoms with Crippen molar-refractivity contribution in [1.29, 1.82) is 0 Å². The van der Waals surface area contributed by atoms with Crippen molar-refractivity contribution in [2.75, 3.05) is 18.9 Å². The molecule has 0 radical (unpaired) electrons. The Labute approximate surface area is 130 Å². The average molecular weight is 398 g/mol. The Morgan fingerprint density at radius 2 is 2.06 bits per heavy atom. The van der Waals surface area contributed by atoms with E-state index in [2.05, 4.69) is 31.9 Å². The Kier molecular flexibility index (Phi) is 7.27. The molecule has 18 heavy (non-hydrogen) atoms. The summed E-state index contributed by atoms with van der Waals surface area (Å²) in [7, 11) is 1.82. The number of hydrogen-bond acceptors (Lipinski definition) is 1. The third-order valence-electron chi connectivity index (χ3n) is 2.63. The molecule has 0 saturated heterocycles. The third kappa shape index (κ3) is 4.90. The van der Waals surface area contributed by atoms with Gasteiger partial charge in [-0.3, -0.25) is 4.79 Å². The van der Waals surface area contributed by atoms with Gasteiger partial charge in [0.2, 0.25) is 0 Å². The summed E-state index contributed by atoms with van der Waals surface area (Å²) in [6.07, 6.45) is 3.29. The summed E-state index contributed by atoms with van der Waals surface area (Å²) in [5.74, 6) is 0.00298. The van der Waals surface area contributed by atoms with Crippen LogP contribution in [0.1, 0.15) is 29.6 Å². The van der Waals surface area contributed by atoms with Crippen LogP contribution in [0.25, 0.3) is 0 Å². The topological polar surface area (TPSA) is 20.3 Å². The minimum Gasteiger partial charge on any atom is -0.342 e. The summed E-state index contributed by atoms with van der Waals surface area (Å²) >= 11 is 12.7. The van der Waals surface area contributed by atoms with Gasteiger partial charge in [-0.1, -0.05) is 34.0 Å². The first kappa shape index (κ1) is 16.0. The second kappa shape index (κ2) is 8.18. The van der Waals surface area contributed by atoms with Gasteiger partial charge in [0.05, 0.1) is 5.56 Å². The van der Waals surface area contributed by atoms with E-state index in [4.69, 9.17) is 11.6 Å². The minimum absolute atomic E-state index is 0.00298. The van der Waals surface area contributed by atoms with E-state index in [1.807, 2.05) is 7.05 Å². The lowest BCUT2D eigenvalue weighted by Crippen LogP contribution is -2.28. The van der Waals surface area contributed by atoms with Gasteiger partial charge in [0.1, 0.15) is 0 Å². The van der Waals surface area contributed by atoms with Crippen LogP contribution in [0.5, 0.6) is 0 Å². The molecule has 0 heterocycles. The summed E-state index contributed by atoms with van der Waals surface area (Å²) in [5, 5.41) is 1.60. The maximum Gasteiger partial charge on any atom is 0.254 e. The average Bonchev–Trinajstić information content (AvgIpc) is 2.36. The summed E-state index contributed by atoms with van der Waals surface area (Å²) in [5.41, 5.74) is 0.616. The quantitative estimate of drug-likeness (QED) is 0.502. The zero-order chi connectivity index (χ0) is 13.5. The molecule has 0 fully saturated rings. The molecule has 1 aromatic rings. The molecule has 0 atom stereocenters. The van der Waals surface area contributed by atoms with E-state index in [1.54, 1.807) is 23.1 Å². The Bertz CT molecular complexity index is 412. The van der Waals surface area contributed by atoms with Crippen molar-refractivity contribution in [2.24, 2.45) is 0 Å². The molecule has 0 aliphatic carbocycles. The standard InChI is InChI=1S/C13H16Br2ClNO/c1-17(8-4-2-3-7-14)13(18)11-9-10(16)5-6-12(11)15/h5-6,9H,2-4,7-8H2,1H3. The fourth-order valence-corrected chi connectivity index (χ4v) is 2.57. The molecule has 0 saturated carbocycles. The SMILES string of the molecule is CN(CCCCCBr)C(=O)c1cc(Cl)ccc1Br. The predicted octanol–water partition coefficient (Wildman–Crippen LogP) is 4.74. The van der Waals surface area contributed by atoms with E-state index in [0.29, 0.717) is 10.6 Å². The molecule has 1 aromatic carbocycles. The van der Waals surface area contributed by atoms with Gasteiger partial charge >= 0.3 is 0 Å². The Morgan fingerprint density at radius 3 is 2.72 bits per heavy atom. The Morgan fingerprint density at radius 1 is 1.33 bits per heavy atom. The first-order valence-corrected chi connectivity index (χ1v) is 8.12. The predicted molar refractivity (Wildman–Crippen MR) is 83.8 cm³/mol. The first-order valence-electron chi connectivity index (χ1n) is 5.82. The molecule has 0 bridgehead atoms. The van der Waals surface area contributed by atoms with Gasteiger partial charge in [-0.15, -0.1) is 0 Å². The highest BCUT2D eigenvalue weighted by Crippen LogP contribution is 2.22. The zero-order valence-corrected chi connectivity index (χ0v) is 14.2. The molecule has 0 N–H and O–H groups in total. The Balaban J connectivity index is 2.60.